The van der Waals surface area contributed by atoms with Crippen molar-refractivity contribution in [1.82, 2.24) is 20.2 Å². The van der Waals surface area contributed by atoms with Gasteiger partial charge in [0, 0.05) is 6.54 Å². The molecular formula is C9H12N4O5S2. The minimum absolute atomic E-state index is 0.222. The Morgan fingerprint density at radius 3 is 2.75 bits per heavy atom. The molecule has 3 heterocycles. The van der Waals surface area contributed by atoms with Gasteiger partial charge in [0.05, 0.1) is 12.1 Å². The minimum atomic E-state index is -4.70. The number of carbonyl (C=O) groups excluding carboxylic acids is 1. The zero-order valence-corrected chi connectivity index (χ0v) is 12.1. The van der Waals surface area contributed by atoms with Gasteiger partial charge in [-0.1, -0.05) is 11.3 Å². The van der Waals surface area contributed by atoms with E-state index < -0.39 is 16.4 Å². The topological polar surface area (TPSA) is 113 Å². The molecule has 110 valence electrons. The molecule has 20 heavy (non-hydrogen) atoms. The number of hydrogen-bond donors (Lipinski definition) is 1. The average molecular weight is 320 g/mol. The summed E-state index contributed by atoms with van der Waals surface area (Å²) < 4.78 is 34.6. The Balaban J connectivity index is 1.84. The van der Waals surface area contributed by atoms with Crippen molar-refractivity contribution in [3.05, 3.63) is 10.0 Å². The molecule has 2 fully saturated rings. The molecule has 2 bridgehead atoms. The largest absolute Gasteiger partial charge is 0.418 e. The number of rotatable bonds is 3. The van der Waals surface area contributed by atoms with E-state index in [4.69, 9.17) is 4.55 Å². The van der Waals surface area contributed by atoms with Gasteiger partial charge in [-0.15, -0.1) is 14.5 Å². The average Bonchev–Trinajstić information content (AvgIpc) is 2.88. The predicted octanol–water partition coefficient (Wildman–Crippen LogP) is 0.522. The van der Waals surface area contributed by atoms with Crippen LogP contribution in [0.3, 0.4) is 0 Å². The van der Waals surface area contributed by atoms with E-state index in [1.54, 1.807) is 0 Å². The summed E-state index contributed by atoms with van der Waals surface area (Å²) >= 11 is 1.41. The maximum Gasteiger partial charge on any atom is 0.418 e. The molecule has 1 aromatic rings. The Bertz CT molecular complexity index is 645. The molecule has 2 atom stereocenters. The van der Waals surface area contributed by atoms with Crippen LogP contribution in [-0.2, 0) is 14.7 Å². The van der Waals surface area contributed by atoms with Crippen LogP contribution in [0.2, 0.25) is 0 Å². The molecule has 2 aliphatic heterocycles. The third-order valence-electron chi connectivity index (χ3n) is 3.32. The van der Waals surface area contributed by atoms with Gasteiger partial charge in [-0.2, -0.15) is 13.5 Å². The lowest BCUT2D eigenvalue weighted by molar-refractivity contribution is -0.0317. The highest BCUT2D eigenvalue weighted by molar-refractivity contribution is 7.80. The summed E-state index contributed by atoms with van der Waals surface area (Å²) in [6.07, 6.45) is 1.22. The van der Waals surface area contributed by atoms with Crippen molar-refractivity contribution < 1.29 is 22.0 Å². The van der Waals surface area contributed by atoms with Gasteiger partial charge in [0.1, 0.15) is 10.0 Å². The lowest BCUT2D eigenvalue weighted by atomic mass is 10.0. The molecule has 0 spiro atoms. The molecule has 2 aliphatic rings. The lowest BCUT2D eigenvalue weighted by Gasteiger charge is -2.28. The number of amides is 2. The molecule has 2 amide bonds. The molecular weight excluding hydrogens is 308 g/mol. The summed E-state index contributed by atoms with van der Waals surface area (Å²) in [6.45, 7) is 2.17. The molecule has 1 aromatic heterocycles. The van der Waals surface area contributed by atoms with Gasteiger partial charge in [-0.25, -0.2) is 4.79 Å². The number of nitrogens with zero attached hydrogens (tertiary/aromatic N) is 4. The van der Waals surface area contributed by atoms with Gasteiger partial charge < -0.3 is 4.90 Å². The Morgan fingerprint density at radius 2 is 2.15 bits per heavy atom. The van der Waals surface area contributed by atoms with Gasteiger partial charge in [0.15, 0.2) is 0 Å². The highest BCUT2D eigenvalue weighted by Crippen LogP contribution is 2.39. The molecule has 0 radical (unpaired) electrons. The number of hydroxylamine groups is 2. The van der Waals surface area contributed by atoms with E-state index in [1.165, 1.54) is 16.2 Å². The van der Waals surface area contributed by atoms with Gasteiger partial charge >= 0.3 is 16.4 Å². The van der Waals surface area contributed by atoms with Gasteiger partial charge in [-0.05, 0) is 19.8 Å². The number of aromatic nitrogens is 2. The zero-order chi connectivity index (χ0) is 14.5. The highest BCUT2D eigenvalue weighted by Gasteiger charge is 2.48. The monoisotopic (exact) mass is 320 g/mol. The van der Waals surface area contributed by atoms with Crippen LogP contribution in [0.15, 0.2) is 0 Å². The number of carbonyl (C=O) groups is 1. The number of urea groups is 1. The second kappa shape index (κ2) is 4.62. The van der Waals surface area contributed by atoms with Gasteiger partial charge in [-0.3, -0.25) is 4.55 Å². The fourth-order valence-electron chi connectivity index (χ4n) is 2.53. The minimum Gasteiger partial charge on any atom is -0.311 e. The van der Waals surface area contributed by atoms with Crippen LogP contribution in [-0.4, -0.2) is 51.7 Å². The zero-order valence-electron chi connectivity index (χ0n) is 10.5. The first-order valence-electron chi connectivity index (χ1n) is 5.92. The predicted molar refractivity (Wildman–Crippen MR) is 67.0 cm³/mol. The molecule has 0 aliphatic carbocycles. The molecule has 0 unspecified atom stereocenters. The summed E-state index contributed by atoms with van der Waals surface area (Å²) in [4.78, 5) is 13.7. The van der Waals surface area contributed by atoms with Crippen LogP contribution in [0.25, 0.3) is 0 Å². The first-order valence-corrected chi connectivity index (χ1v) is 8.10. The number of fused-ring (bicyclic) bond motifs is 2. The van der Waals surface area contributed by atoms with E-state index in [9.17, 15) is 13.2 Å². The Hall–Kier alpha value is -1.30. The third-order valence-corrected chi connectivity index (χ3v) is 4.61. The maximum absolute atomic E-state index is 12.2. The van der Waals surface area contributed by atoms with Crippen LogP contribution in [0, 0.1) is 6.92 Å². The number of aryl methyl sites for hydroxylation is 1. The van der Waals surface area contributed by atoms with Crippen molar-refractivity contribution in [3.8, 4) is 0 Å². The summed E-state index contributed by atoms with van der Waals surface area (Å²) in [5.74, 6) is 0. The molecule has 0 saturated carbocycles. The first-order chi connectivity index (χ1) is 9.35. The van der Waals surface area contributed by atoms with E-state index >= 15 is 0 Å². The van der Waals surface area contributed by atoms with Crippen molar-refractivity contribution in [1.29, 1.82) is 0 Å². The quantitative estimate of drug-likeness (QED) is 0.808. The van der Waals surface area contributed by atoms with Crippen molar-refractivity contribution in [2.24, 2.45) is 0 Å². The van der Waals surface area contributed by atoms with Gasteiger partial charge in [0.25, 0.3) is 0 Å². The van der Waals surface area contributed by atoms with Crippen LogP contribution in [0.4, 0.5) is 4.79 Å². The highest BCUT2D eigenvalue weighted by atomic mass is 32.3. The number of piperidine rings is 1. The normalized spacial score (nSPS) is 26.4. The summed E-state index contributed by atoms with van der Waals surface area (Å²) in [5.41, 5.74) is 0. The van der Waals surface area contributed by atoms with E-state index in [0.717, 1.165) is 15.1 Å². The SMILES string of the molecule is Cc1nnc([C@H]2CC[C@H]3CN2C(=O)N3OS(=O)(=O)O)s1. The second-order valence-electron chi connectivity index (χ2n) is 4.67. The van der Waals surface area contributed by atoms with Crippen LogP contribution >= 0.6 is 11.3 Å². The fraction of sp³-hybridized carbons (Fsp3) is 0.667. The molecule has 9 nitrogen and oxygen atoms in total. The molecule has 2 saturated heterocycles. The van der Waals surface area contributed by atoms with E-state index in [-0.39, 0.29) is 12.1 Å². The van der Waals surface area contributed by atoms with Crippen LogP contribution in [0.1, 0.15) is 28.9 Å². The smallest absolute Gasteiger partial charge is 0.311 e. The van der Waals surface area contributed by atoms with Crippen LogP contribution < -0.4 is 0 Å². The Morgan fingerprint density at radius 1 is 1.40 bits per heavy atom. The van der Waals surface area contributed by atoms with E-state index in [0.29, 0.717) is 19.4 Å². The van der Waals surface area contributed by atoms with Gasteiger partial charge in [0.2, 0.25) is 0 Å². The standard InChI is InChI=1S/C9H12N4O5S2/c1-5-10-11-8(19-5)7-3-2-6-4-12(7)9(14)13(6)18-20(15,16)17/h6-7H,2-4H2,1H3,(H,15,16,17)/t6-,7+/m0/s1. The first kappa shape index (κ1) is 13.7. The lowest BCUT2D eigenvalue weighted by Crippen LogP contribution is -2.35. The summed E-state index contributed by atoms with van der Waals surface area (Å²) in [5, 5.41) is 10.2. The van der Waals surface area contributed by atoms with E-state index in [1.807, 2.05) is 6.92 Å². The maximum atomic E-state index is 12.2. The summed E-state index contributed by atoms with van der Waals surface area (Å²) in [6, 6.07) is -1.18. The third kappa shape index (κ3) is 2.37. The van der Waals surface area contributed by atoms with Crippen molar-refractivity contribution in [2.75, 3.05) is 6.54 Å². The number of hydrogen-bond acceptors (Lipinski definition) is 7. The van der Waals surface area contributed by atoms with Crippen molar-refractivity contribution in [3.63, 3.8) is 0 Å². The van der Waals surface area contributed by atoms with Crippen LogP contribution in [0.5, 0.6) is 0 Å². The molecule has 3 rings (SSSR count). The second-order valence-corrected chi connectivity index (χ2v) is 6.89. The van der Waals surface area contributed by atoms with E-state index in [2.05, 4.69) is 14.5 Å². The molecule has 11 heteroatoms. The Labute approximate surface area is 119 Å². The van der Waals surface area contributed by atoms with Crippen molar-refractivity contribution in [2.45, 2.75) is 31.8 Å². The Kier molecular flexibility index (Phi) is 3.16. The van der Waals surface area contributed by atoms with Crippen molar-refractivity contribution >= 4 is 27.8 Å². The molecule has 0 aromatic carbocycles. The summed E-state index contributed by atoms with van der Waals surface area (Å²) in [7, 11) is -4.70. The fourth-order valence-corrected chi connectivity index (χ4v) is 3.77. The molecule has 1 N–H and O–H groups in total.